The first-order valence-electron chi connectivity index (χ1n) is 8.42. The van der Waals surface area contributed by atoms with Gasteiger partial charge in [0.2, 0.25) is 0 Å². The van der Waals surface area contributed by atoms with Crippen LogP contribution in [-0.2, 0) is 20.6 Å². The van der Waals surface area contributed by atoms with Crippen molar-refractivity contribution in [3.05, 3.63) is 72.6 Å². The Labute approximate surface area is 148 Å². The highest BCUT2D eigenvalue weighted by atomic mass is 16.7. The van der Waals surface area contributed by atoms with Gasteiger partial charge in [-0.25, -0.2) is 4.98 Å². The summed E-state index contributed by atoms with van der Waals surface area (Å²) >= 11 is 0. The van der Waals surface area contributed by atoms with E-state index in [1.807, 2.05) is 18.2 Å². The minimum absolute atomic E-state index is 0.0717. The third kappa shape index (κ3) is 4.59. The molecular formula is C20H24N2O3. The van der Waals surface area contributed by atoms with Crippen LogP contribution in [0.4, 0.5) is 5.82 Å². The lowest BCUT2D eigenvalue weighted by Crippen LogP contribution is -2.29. The molecule has 5 nitrogen and oxygen atoms in total. The van der Waals surface area contributed by atoms with Crippen LogP contribution in [0.15, 0.2) is 61.4 Å². The number of pyridine rings is 1. The van der Waals surface area contributed by atoms with Gasteiger partial charge in [0.1, 0.15) is 24.8 Å². The Hall–Kier alpha value is -2.37. The smallest absolute Gasteiger partial charge is 0.146 e. The minimum Gasteiger partial charge on any atom is -0.494 e. The van der Waals surface area contributed by atoms with E-state index in [1.165, 1.54) is 11.8 Å². The van der Waals surface area contributed by atoms with Gasteiger partial charge in [0.05, 0.1) is 12.8 Å². The van der Waals surface area contributed by atoms with Crippen molar-refractivity contribution >= 4 is 5.82 Å². The van der Waals surface area contributed by atoms with E-state index in [1.54, 1.807) is 7.11 Å². The summed E-state index contributed by atoms with van der Waals surface area (Å²) in [5.41, 5.74) is 2.30. The van der Waals surface area contributed by atoms with E-state index in [4.69, 9.17) is 19.2 Å². The molecule has 1 aromatic heterocycles. The molecule has 0 aliphatic carbocycles. The van der Waals surface area contributed by atoms with Crippen LogP contribution in [0.5, 0.6) is 0 Å². The minimum atomic E-state index is -0.0766. The molecule has 0 N–H and O–H groups in total. The maximum absolute atomic E-state index is 5.73. The van der Waals surface area contributed by atoms with E-state index in [-0.39, 0.29) is 19.0 Å². The third-order valence-corrected chi connectivity index (χ3v) is 4.23. The molecule has 2 heterocycles. The molecule has 1 aliphatic rings. The molecule has 5 heteroatoms. The van der Waals surface area contributed by atoms with Crippen LogP contribution in [0.3, 0.4) is 0 Å². The van der Waals surface area contributed by atoms with Gasteiger partial charge in [-0.2, -0.15) is 0 Å². The highest BCUT2D eigenvalue weighted by Crippen LogP contribution is 2.23. The Morgan fingerprint density at radius 2 is 1.92 bits per heavy atom. The van der Waals surface area contributed by atoms with E-state index >= 15 is 0 Å². The Kier molecular flexibility index (Phi) is 6.04. The van der Waals surface area contributed by atoms with Crippen molar-refractivity contribution in [2.75, 3.05) is 31.9 Å². The number of aromatic nitrogens is 1. The van der Waals surface area contributed by atoms with Crippen LogP contribution < -0.4 is 4.90 Å². The second-order valence-electron chi connectivity index (χ2n) is 6.01. The van der Waals surface area contributed by atoms with Gasteiger partial charge in [0.15, 0.2) is 0 Å². The summed E-state index contributed by atoms with van der Waals surface area (Å²) in [4.78, 5) is 7.00. The Morgan fingerprint density at radius 1 is 1.12 bits per heavy atom. The fourth-order valence-electron chi connectivity index (χ4n) is 3.05. The van der Waals surface area contributed by atoms with Gasteiger partial charge < -0.3 is 19.1 Å². The number of hydrogen-bond donors (Lipinski definition) is 0. The molecule has 0 unspecified atom stereocenters. The summed E-state index contributed by atoms with van der Waals surface area (Å²) in [5.74, 6) is 0.939. The molecule has 1 saturated heterocycles. The van der Waals surface area contributed by atoms with Crippen LogP contribution >= 0.6 is 0 Å². The normalized spacial score (nSPS) is 19.8. The zero-order valence-corrected chi connectivity index (χ0v) is 14.5. The summed E-state index contributed by atoms with van der Waals surface area (Å²) in [6, 6.07) is 16.5. The first-order valence-corrected chi connectivity index (χ1v) is 8.42. The van der Waals surface area contributed by atoms with Crippen LogP contribution in [-0.4, -0.2) is 44.2 Å². The van der Waals surface area contributed by atoms with Gasteiger partial charge >= 0.3 is 0 Å². The quantitative estimate of drug-likeness (QED) is 0.546. The Morgan fingerprint density at radius 3 is 2.68 bits per heavy atom. The number of hydrogen-bond acceptors (Lipinski definition) is 5. The molecule has 0 amide bonds. The molecule has 2 atom stereocenters. The van der Waals surface area contributed by atoms with Crippen molar-refractivity contribution in [3.8, 4) is 0 Å². The largest absolute Gasteiger partial charge is 0.494 e. The van der Waals surface area contributed by atoms with Crippen molar-refractivity contribution in [2.24, 2.45) is 0 Å². The van der Waals surface area contributed by atoms with E-state index in [9.17, 15) is 0 Å². The van der Waals surface area contributed by atoms with E-state index in [0.717, 1.165) is 17.9 Å². The van der Waals surface area contributed by atoms with Gasteiger partial charge in [-0.3, -0.25) is 0 Å². The summed E-state index contributed by atoms with van der Waals surface area (Å²) in [6.45, 7) is 5.32. The van der Waals surface area contributed by atoms with Gasteiger partial charge in [-0.1, -0.05) is 43.0 Å². The molecule has 1 fully saturated rings. The second-order valence-corrected chi connectivity index (χ2v) is 6.01. The third-order valence-electron chi connectivity index (χ3n) is 4.23. The van der Waals surface area contributed by atoms with Gasteiger partial charge in [-0.15, -0.1) is 0 Å². The Balaban J connectivity index is 1.71. The number of ether oxygens (including phenoxy) is 3. The summed E-state index contributed by atoms with van der Waals surface area (Å²) in [5, 5.41) is 0. The number of nitrogens with zero attached hydrogens (tertiary/aromatic N) is 2. The van der Waals surface area contributed by atoms with Crippen LogP contribution in [0.25, 0.3) is 0 Å². The van der Waals surface area contributed by atoms with Crippen LogP contribution in [0, 0.1) is 0 Å². The predicted octanol–water partition coefficient (Wildman–Crippen LogP) is 3.01. The lowest BCUT2D eigenvalue weighted by atomic mass is 10.1. The number of methoxy groups -OCH3 is 1. The zero-order chi connectivity index (χ0) is 17.5. The zero-order valence-electron chi connectivity index (χ0n) is 14.5. The fraction of sp³-hybridized carbons (Fsp3) is 0.350. The molecule has 0 radical (unpaired) electrons. The number of rotatable bonds is 8. The van der Waals surface area contributed by atoms with Crippen molar-refractivity contribution in [3.63, 3.8) is 0 Å². The topological polar surface area (TPSA) is 43.8 Å². The number of benzene rings is 1. The molecule has 0 saturated carbocycles. The van der Waals surface area contributed by atoms with Gasteiger partial charge in [-0.05, 0) is 17.7 Å². The highest BCUT2D eigenvalue weighted by Gasteiger charge is 2.35. The molecule has 132 valence electrons. The van der Waals surface area contributed by atoms with Crippen molar-refractivity contribution in [1.29, 1.82) is 0 Å². The first kappa shape index (κ1) is 17.5. The van der Waals surface area contributed by atoms with Crippen molar-refractivity contribution in [1.82, 2.24) is 4.98 Å². The molecule has 1 aliphatic heterocycles. The molecular weight excluding hydrogens is 316 g/mol. The molecule has 0 bridgehead atoms. The molecule has 1 aromatic carbocycles. The van der Waals surface area contributed by atoms with E-state index in [0.29, 0.717) is 13.1 Å². The summed E-state index contributed by atoms with van der Waals surface area (Å²) in [6.07, 6.45) is 2.14. The molecule has 0 spiro atoms. The van der Waals surface area contributed by atoms with Crippen LogP contribution in [0.1, 0.15) is 11.3 Å². The highest BCUT2D eigenvalue weighted by molar-refractivity contribution is 5.42. The fourth-order valence-corrected chi connectivity index (χ4v) is 3.05. The standard InChI is InChI=1S/C20H24N2O3/c1-3-24-18-13-22(14-19(18)25-15-23-2)20-11-7-10-17(21-20)12-16-8-5-4-6-9-16/h3-11,18-19H,1,12-15H2,2H3/t18-,19-/m1/s1. The molecule has 2 aromatic rings. The summed E-state index contributed by atoms with van der Waals surface area (Å²) < 4.78 is 16.4. The van der Waals surface area contributed by atoms with Gasteiger partial charge in [0, 0.05) is 25.8 Å². The SMILES string of the molecule is C=CO[C@@H]1CN(c2cccc(Cc3ccccc3)n2)C[C@H]1OCOC. The first-order chi connectivity index (χ1) is 12.3. The monoisotopic (exact) mass is 340 g/mol. The second kappa shape index (κ2) is 8.65. The maximum Gasteiger partial charge on any atom is 0.146 e. The summed E-state index contributed by atoms with van der Waals surface area (Å²) in [7, 11) is 1.62. The van der Waals surface area contributed by atoms with Crippen LogP contribution in [0.2, 0.25) is 0 Å². The lowest BCUT2D eigenvalue weighted by molar-refractivity contribution is -0.0966. The van der Waals surface area contributed by atoms with E-state index in [2.05, 4.69) is 41.8 Å². The Bertz CT molecular complexity index is 678. The predicted molar refractivity (Wildman–Crippen MR) is 97.5 cm³/mol. The van der Waals surface area contributed by atoms with Gasteiger partial charge in [0.25, 0.3) is 0 Å². The average molecular weight is 340 g/mol. The van der Waals surface area contributed by atoms with Crippen molar-refractivity contribution < 1.29 is 14.2 Å². The van der Waals surface area contributed by atoms with E-state index < -0.39 is 0 Å². The lowest BCUT2D eigenvalue weighted by Gasteiger charge is -2.17. The average Bonchev–Trinajstić information content (AvgIpc) is 3.04. The molecule has 25 heavy (non-hydrogen) atoms. The number of anilines is 1. The molecule has 3 rings (SSSR count). The van der Waals surface area contributed by atoms with Crippen molar-refractivity contribution in [2.45, 2.75) is 18.6 Å². The maximum atomic E-state index is 5.73.